The molecule has 0 spiro atoms. The maximum Gasteiger partial charge on any atom is 0.163 e. The van der Waals surface area contributed by atoms with Crippen molar-refractivity contribution in [3.63, 3.8) is 0 Å². The minimum Gasteiger partial charge on any atom is -0.294 e. The number of aryl methyl sites for hydroxylation is 1. The van der Waals surface area contributed by atoms with Gasteiger partial charge in [0.05, 0.1) is 0 Å². The molecule has 0 aliphatic carbocycles. The van der Waals surface area contributed by atoms with E-state index in [9.17, 15) is 4.79 Å². The Bertz CT molecular complexity index is 331. The van der Waals surface area contributed by atoms with Crippen LogP contribution in [0.4, 0.5) is 0 Å². The number of Topliss-reactive ketones (excluding diaryl/α,β-unsaturated/α-hetero) is 1. The van der Waals surface area contributed by atoms with E-state index < -0.39 is 0 Å². The molecule has 1 aromatic rings. The van der Waals surface area contributed by atoms with Crippen LogP contribution in [0.25, 0.3) is 0 Å². The molecule has 1 aromatic carbocycles. The molecular weight excluding hydrogens is 240 g/mol. The topological polar surface area (TPSA) is 17.1 Å². The Hall–Kier alpha value is -0.630. The van der Waals surface area contributed by atoms with Crippen molar-refractivity contribution in [1.82, 2.24) is 0 Å². The summed E-state index contributed by atoms with van der Waals surface area (Å²) in [6.07, 6.45) is 2.68. The highest BCUT2D eigenvalue weighted by molar-refractivity contribution is 9.10. The summed E-state index contributed by atoms with van der Waals surface area (Å²) in [5.74, 6) is 0.204. The SMILES string of the molecule is CCCc1cccc(C(=O)CC)c1Br. The fraction of sp³-hybridized carbons (Fsp3) is 0.417. The average molecular weight is 255 g/mol. The molecule has 14 heavy (non-hydrogen) atoms. The van der Waals surface area contributed by atoms with Crippen LogP contribution < -0.4 is 0 Å². The van der Waals surface area contributed by atoms with Crippen LogP contribution in [0.3, 0.4) is 0 Å². The van der Waals surface area contributed by atoms with Gasteiger partial charge in [-0.2, -0.15) is 0 Å². The van der Waals surface area contributed by atoms with E-state index in [1.54, 1.807) is 0 Å². The van der Waals surface area contributed by atoms with Crippen molar-refractivity contribution in [2.75, 3.05) is 0 Å². The van der Waals surface area contributed by atoms with Crippen LogP contribution in [-0.4, -0.2) is 5.78 Å². The minimum absolute atomic E-state index is 0.204. The van der Waals surface area contributed by atoms with Crippen LogP contribution in [0.5, 0.6) is 0 Å². The van der Waals surface area contributed by atoms with Crippen molar-refractivity contribution in [2.45, 2.75) is 33.1 Å². The second-order valence-corrected chi connectivity index (χ2v) is 4.10. The van der Waals surface area contributed by atoms with Crippen molar-refractivity contribution in [3.8, 4) is 0 Å². The number of carbonyl (C=O) groups excluding carboxylic acids is 1. The highest BCUT2D eigenvalue weighted by Crippen LogP contribution is 2.24. The van der Waals surface area contributed by atoms with Gasteiger partial charge in [0.15, 0.2) is 5.78 Å². The molecule has 0 aliphatic rings. The van der Waals surface area contributed by atoms with E-state index in [-0.39, 0.29) is 5.78 Å². The van der Waals surface area contributed by atoms with Crippen molar-refractivity contribution < 1.29 is 4.79 Å². The molecule has 0 bridgehead atoms. The van der Waals surface area contributed by atoms with Crippen LogP contribution in [0.15, 0.2) is 22.7 Å². The summed E-state index contributed by atoms with van der Waals surface area (Å²) in [5, 5.41) is 0. The van der Waals surface area contributed by atoms with Crippen molar-refractivity contribution in [1.29, 1.82) is 0 Å². The number of halogens is 1. The highest BCUT2D eigenvalue weighted by atomic mass is 79.9. The maximum absolute atomic E-state index is 11.6. The molecule has 1 nitrogen and oxygen atoms in total. The minimum atomic E-state index is 0.204. The van der Waals surface area contributed by atoms with E-state index in [0.29, 0.717) is 6.42 Å². The molecule has 2 heteroatoms. The highest BCUT2D eigenvalue weighted by Gasteiger charge is 2.10. The lowest BCUT2D eigenvalue weighted by Crippen LogP contribution is -2.00. The lowest BCUT2D eigenvalue weighted by molar-refractivity contribution is 0.0987. The number of carbonyl (C=O) groups is 1. The van der Waals surface area contributed by atoms with Crippen molar-refractivity contribution >= 4 is 21.7 Å². The second-order valence-electron chi connectivity index (χ2n) is 3.31. The van der Waals surface area contributed by atoms with Crippen molar-refractivity contribution in [2.24, 2.45) is 0 Å². The van der Waals surface area contributed by atoms with E-state index in [4.69, 9.17) is 0 Å². The number of benzene rings is 1. The normalized spacial score (nSPS) is 10.2. The molecule has 0 aromatic heterocycles. The summed E-state index contributed by atoms with van der Waals surface area (Å²) < 4.78 is 0.980. The summed E-state index contributed by atoms with van der Waals surface area (Å²) in [6.45, 7) is 4.03. The van der Waals surface area contributed by atoms with Crippen molar-refractivity contribution in [3.05, 3.63) is 33.8 Å². The molecular formula is C12H15BrO. The van der Waals surface area contributed by atoms with Crippen LogP contribution in [0.2, 0.25) is 0 Å². The lowest BCUT2D eigenvalue weighted by atomic mass is 10.0. The molecule has 0 saturated carbocycles. The summed E-state index contributed by atoms with van der Waals surface area (Å²) in [5.41, 5.74) is 2.05. The molecule has 0 saturated heterocycles. The quantitative estimate of drug-likeness (QED) is 0.743. The average Bonchev–Trinajstić information content (AvgIpc) is 2.20. The predicted octanol–water partition coefficient (Wildman–Crippen LogP) is 3.99. The molecule has 76 valence electrons. The van der Waals surface area contributed by atoms with Gasteiger partial charge in [-0.3, -0.25) is 4.79 Å². The van der Waals surface area contributed by atoms with E-state index in [2.05, 4.69) is 28.9 Å². The molecule has 0 unspecified atom stereocenters. The number of hydrogen-bond donors (Lipinski definition) is 0. The molecule has 0 atom stereocenters. The molecule has 0 N–H and O–H groups in total. The van der Waals surface area contributed by atoms with E-state index in [0.717, 1.165) is 22.9 Å². The number of ketones is 1. The van der Waals surface area contributed by atoms with Crippen LogP contribution >= 0.6 is 15.9 Å². The molecule has 1 rings (SSSR count). The molecule has 0 aliphatic heterocycles. The van der Waals surface area contributed by atoms with Gasteiger partial charge in [-0.15, -0.1) is 0 Å². The largest absolute Gasteiger partial charge is 0.294 e. The molecule has 0 radical (unpaired) electrons. The van der Waals surface area contributed by atoms with Gasteiger partial charge in [0.25, 0.3) is 0 Å². The number of hydrogen-bond acceptors (Lipinski definition) is 1. The fourth-order valence-electron chi connectivity index (χ4n) is 1.45. The zero-order chi connectivity index (χ0) is 10.6. The fourth-order valence-corrected chi connectivity index (χ4v) is 2.13. The van der Waals surface area contributed by atoms with Gasteiger partial charge in [0.2, 0.25) is 0 Å². The van der Waals surface area contributed by atoms with E-state index >= 15 is 0 Å². The molecule has 0 fully saturated rings. The third-order valence-electron chi connectivity index (χ3n) is 2.22. The van der Waals surface area contributed by atoms with E-state index in [1.807, 2.05) is 19.1 Å². The number of rotatable bonds is 4. The first-order valence-corrected chi connectivity index (χ1v) is 5.80. The van der Waals surface area contributed by atoms with Crippen LogP contribution in [0, 0.1) is 0 Å². The summed E-state index contributed by atoms with van der Waals surface area (Å²) in [7, 11) is 0. The Morgan fingerprint density at radius 3 is 2.64 bits per heavy atom. The Labute approximate surface area is 93.7 Å². The monoisotopic (exact) mass is 254 g/mol. The van der Waals surface area contributed by atoms with Gasteiger partial charge >= 0.3 is 0 Å². The first-order chi connectivity index (χ1) is 6.70. The van der Waals surface area contributed by atoms with Crippen LogP contribution in [-0.2, 0) is 6.42 Å². The third kappa shape index (κ3) is 2.44. The first kappa shape index (κ1) is 11.4. The maximum atomic E-state index is 11.6. The summed E-state index contributed by atoms with van der Waals surface area (Å²) in [4.78, 5) is 11.6. The lowest BCUT2D eigenvalue weighted by Gasteiger charge is -2.07. The predicted molar refractivity (Wildman–Crippen MR) is 62.8 cm³/mol. The Morgan fingerprint density at radius 1 is 1.36 bits per heavy atom. The summed E-state index contributed by atoms with van der Waals surface area (Å²) in [6, 6.07) is 5.91. The Morgan fingerprint density at radius 2 is 2.07 bits per heavy atom. The van der Waals surface area contributed by atoms with Gasteiger partial charge < -0.3 is 0 Å². The molecule has 0 heterocycles. The molecule has 0 amide bonds. The zero-order valence-corrected chi connectivity index (χ0v) is 10.2. The third-order valence-corrected chi connectivity index (χ3v) is 3.16. The van der Waals surface area contributed by atoms with Crippen LogP contribution in [0.1, 0.15) is 42.6 Å². The Balaban J connectivity index is 3.07. The van der Waals surface area contributed by atoms with Gasteiger partial charge in [-0.25, -0.2) is 0 Å². The van der Waals surface area contributed by atoms with Gasteiger partial charge in [-0.1, -0.05) is 38.5 Å². The van der Waals surface area contributed by atoms with E-state index in [1.165, 1.54) is 5.56 Å². The smallest absolute Gasteiger partial charge is 0.163 e. The van der Waals surface area contributed by atoms with Gasteiger partial charge in [-0.05, 0) is 27.9 Å². The second kappa shape index (κ2) is 5.30. The van der Waals surface area contributed by atoms with Gasteiger partial charge in [0, 0.05) is 16.5 Å². The standard InChI is InChI=1S/C12H15BrO/c1-3-6-9-7-5-8-10(12(9)13)11(14)4-2/h5,7-8H,3-4,6H2,1-2H3. The Kier molecular flexibility index (Phi) is 4.33. The zero-order valence-electron chi connectivity index (χ0n) is 8.64. The first-order valence-electron chi connectivity index (χ1n) is 5.01. The van der Waals surface area contributed by atoms with Gasteiger partial charge in [0.1, 0.15) is 0 Å². The summed E-state index contributed by atoms with van der Waals surface area (Å²) >= 11 is 3.50.